The van der Waals surface area contributed by atoms with Gasteiger partial charge in [-0.2, -0.15) is 5.26 Å². The molecule has 0 saturated carbocycles. The zero-order chi connectivity index (χ0) is 20.2. The lowest BCUT2D eigenvalue weighted by molar-refractivity contribution is -0.122. The molecule has 6 heteroatoms. The van der Waals surface area contributed by atoms with Gasteiger partial charge >= 0.3 is 0 Å². The number of hydrogen-bond donors (Lipinski definition) is 1. The van der Waals surface area contributed by atoms with Gasteiger partial charge in [0.15, 0.2) is 6.10 Å². The summed E-state index contributed by atoms with van der Waals surface area (Å²) in [5.41, 5.74) is 3.03. The monoisotopic (exact) mass is 399 g/mol. The van der Waals surface area contributed by atoms with Crippen LogP contribution in [-0.4, -0.2) is 17.0 Å². The van der Waals surface area contributed by atoms with Crippen LogP contribution in [0.5, 0.6) is 5.75 Å². The van der Waals surface area contributed by atoms with Crippen molar-refractivity contribution in [3.8, 4) is 22.4 Å². The van der Waals surface area contributed by atoms with Crippen LogP contribution in [0, 0.1) is 11.3 Å². The second-order valence-corrected chi connectivity index (χ2v) is 7.45. The molecule has 29 heavy (non-hydrogen) atoms. The third kappa shape index (κ3) is 4.10. The first-order valence-corrected chi connectivity index (χ1v) is 9.88. The highest BCUT2D eigenvalue weighted by molar-refractivity contribution is 7.21. The molecule has 4 rings (SSSR count). The first-order chi connectivity index (χ1) is 14.1. The van der Waals surface area contributed by atoms with Gasteiger partial charge in [-0.1, -0.05) is 24.3 Å². The van der Waals surface area contributed by atoms with Gasteiger partial charge in [0, 0.05) is 5.56 Å². The Morgan fingerprint density at radius 3 is 2.55 bits per heavy atom. The summed E-state index contributed by atoms with van der Waals surface area (Å²) in [5, 5.41) is 12.7. The van der Waals surface area contributed by atoms with E-state index in [2.05, 4.69) is 16.4 Å². The first-order valence-electron chi connectivity index (χ1n) is 9.07. The fraction of sp³-hybridized carbons (Fsp3) is 0.0870. The largest absolute Gasteiger partial charge is 0.481 e. The number of benzene rings is 3. The van der Waals surface area contributed by atoms with Crippen molar-refractivity contribution in [3.05, 3.63) is 78.4 Å². The average molecular weight is 399 g/mol. The molecule has 5 nitrogen and oxygen atoms in total. The lowest BCUT2D eigenvalue weighted by Crippen LogP contribution is -2.30. The van der Waals surface area contributed by atoms with Crippen LogP contribution in [0.15, 0.2) is 72.8 Å². The van der Waals surface area contributed by atoms with E-state index in [4.69, 9.17) is 10.00 Å². The third-order valence-electron chi connectivity index (χ3n) is 4.37. The van der Waals surface area contributed by atoms with Gasteiger partial charge in [0.1, 0.15) is 10.8 Å². The van der Waals surface area contributed by atoms with Gasteiger partial charge in [0.05, 0.1) is 27.5 Å². The smallest absolute Gasteiger partial charge is 0.265 e. The Morgan fingerprint density at radius 2 is 1.79 bits per heavy atom. The van der Waals surface area contributed by atoms with E-state index in [1.165, 1.54) is 0 Å². The molecule has 0 aliphatic heterocycles. The Kier molecular flexibility index (Phi) is 5.23. The molecule has 0 bridgehead atoms. The Hall–Kier alpha value is -3.69. The van der Waals surface area contributed by atoms with Gasteiger partial charge in [0.2, 0.25) is 0 Å². The number of nitriles is 1. The predicted octanol–water partition coefficient (Wildman–Crippen LogP) is 5.24. The normalized spacial score (nSPS) is 11.6. The Balaban J connectivity index is 1.53. The van der Waals surface area contributed by atoms with Gasteiger partial charge in [-0.3, -0.25) is 4.79 Å². The molecule has 1 aromatic heterocycles. The van der Waals surface area contributed by atoms with Crippen molar-refractivity contribution in [2.45, 2.75) is 13.0 Å². The summed E-state index contributed by atoms with van der Waals surface area (Å²) in [7, 11) is 0. The molecular weight excluding hydrogens is 382 g/mol. The number of nitrogens with one attached hydrogen (secondary N) is 1. The number of amides is 1. The van der Waals surface area contributed by atoms with Crippen molar-refractivity contribution in [2.75, 3.05) is 5.32 Å². The summed E-state index contributed by atoms with van der Waals surface area (Å²) in [6.45, 7) is 1.69. The fourth-order valence-electron chi connectivity index (χ4n) is 2.87. The molecule has 0 radical (unpaired) electrons. The quantitative estimate of drug-likeness (QED) is 0.498. The van der Waals surface area contributed by atoms with E-state index in [1.807, 2.05) is 48.5 Å². The van der Waals surface area contributed by atoms with Crippen molar-refractivity contribution < 1.29 is 9.53 Å². The van der Waals surface area contributed by atoms with Gasteiger partial charge in [0.25, 0.3) is 5.91 Å². The molecule has 0 fully saturated rings. The van der Waals surface area contributed by atoms with Crippen LogP contribution in [0.4, 0.5) is 5.69 Å². The minimum Gasteiger partial charge on any atom is -0.481 e. The number of ether oxygens (including phenoxy) is 1. The van der Waals surface area contributed by atoms with Gasteiger partial charge < -0.3 is 10.1 Å². The SMILES string of the molecule is CC(Oc1ccc(C#N)cc1)C(=O)Nc1ccccc1-c1nc2ccccc2s1. The van der Waals surface area contributed by atoms with Crippen molar-refractivity contribution >= 4 is 33.1 Å². The summed E-state index contributed by atoms with van der Waals surface area (Å²) >= 11 is 1.59. The zero-order valence-corrected chi connectivity index (χ0v) is 16.4. The second-order valence-electron chi connectivity index (χ2n) is 6.42. The fourth-order valence-corrected chi connectivity index (χ4v) is 3.87. The molecule has 142 valence electrons. The summed E-state index contributed by atoms with van der Waals surface area (Å²) in [6.07, 6.45) is -0.702. The van der Waals surface area contributed by atoms with Crippen molar-refractivity contribution in [2.24, 2.45) is 0 Å². The molecule has 3 aromatic carbocycles. The van der Waals surface area contributed by atoms with Crippen LogP contribution in [0.25, 0.3) is 20.8 Å². The number of anilines is 1. The Morgan fingerprint density at radius 1 is 1.07 bits per heavy atom. The van der Waals surface area contributed by atoms with Gasteiger partial charge in [-0.05, 0) is 55.5 Å². The number of fused-ring (bicyclic) bond motifs is 1. The molecule has 0 spiro atoms. The standard InChI is InChI=1S/C23H17N3O2S/c1-15(28-17-12-10-16(14-24)11-13-17)22(27)25-19-7-3-2-6-18(19)23-26-20-8-4-5-9-21(20)29-23/h2-13,15H,1H3,(H,25,27). The summed E-state index contributed by atoms with van der Waals surface area (Å²) in [4.78, 5) is 17.4. The minimum atomic E-state index is -0.702. The van der Waals surface area contributed by atoms with Gasteiger partial charge in [-0.25, -0.2) is 4.98 Å². The van der Waals surface area contributed by atoms with E-state index in [0.717, 1.165) is 20.8 Å². The van der Waals surface area contributed by atoms with Crippen LogP contribution < -0.4 is 10.1 Å². The molecule has 0 aliphatic carbocycles. The molecular formula is C23H17N3O2S. The second kappa shape index (κ2) is 8.13. The number of hydrogen-bond acceptors (Lipinski definition) is 5. The van der Waals surface area contributed by atoms with E-state index >= 15 is 0 Å². The number of carbonyl (C=O) groups is 1. The Labute approximate surface area is 172 Å². The minimum absolute atomic E-state index is 0.261. The third-order valence-corrected chi connectivity index (χ3v) is 5.44. The number of thiazole rings is 1. The van der Waals surface area contributed by atoms with E-state index in [1.54, 1.807) is 42.5 Å². The summed E-state index contributed by atoms with van der Waals surface area (Å²) < 4.78 is 6.81. The maximum atomic E-state index is 12.7. The van der Waals surface area contributed by atoms with Crippen LogP contribution >= 0.6 is 11.3 Å². The van der Waals surface area contributed by atoms with Crippen LogP contribution in [0.1, 0.15) is 12.5 Å². The molecule has 0 saturated heterocycles. The highest BCUT2D eigenvalue weighted by Crippen LogP contribution is 2.34. The van der Waals surface area contributed by atoms with Crippen molar-refractivity contribution in [1.29, 1.82) is 5.26 Å². The van der Waals surface area contributed by atoms with Crippen molar-refractivity contribution in [1.82, 2.24) is 4.98 Å². The van der Waals surface area contributed by atoms with Crippen LogP contribution in [0.2, 0.25) is 0 Å². The highest BCUT2D eigenvalue weighted by atomic mass is 32.1. The predicted molar refractivity (Wildman–Crippen MR) is 115 cm³/mol. The number of para-hydroxylation sites is 2. The maximum absolute atomic E-state index is 12.7. The van der Waals surface area contributed by atoms with Crippen LogP contribution in [-0.2, 0) is 4.79 Å². The number of nitrogens with zero attached hydrogens (tertiary/aromatic N) is 2. The number of rotatable bonds is 5. The van der Waals surface area contributed by atoms with E-state index < -0.39 is 6.10 Å². The van der Waals surface area contributed by atoms with E-state index in [9.17, 15) is 4.79 Å². The van der Waals surface area contributed by atoms with E-state index in [-0.39, 0.29) is 5.91 Å². The zero-order valence-electron chi connectivity index (χ0n) is 15.6. The molecule has 1 unspecified atom stereocenters. The molecule has 4 aromatic rings. The van der Waals surface area contributed by atoms with Crippen LogP contribution in [0.3, 0.4) is 0 Å². The van der Waals surface area contributed by atoms with Gasteiger partial charge in [-0.15, -0.1) is 11.3 Å². The lowest BCUT2D eigenvalue weighted by Gasteiger charge is -2.16. The summed E-state index contributed by atoms with van der Waals surface area (Å²) in [6, 6.07) is 24.3. The highest BCUT2D eigenvalue weighted by Gasteiger charge is 2.18. The topological polar surface area (TPSA) is 75.0 Å². The Bertz CT molecular complexity index is 1180. The first kappa shape index (κ1) is 18.7. The average Bonchev–Trinajstić information content (AvgIpc) is 3.18. The maximum Gasteiger partial charge on any atom is 0.265 e. The number of carbonyl (C=O) groups excluding carboxylic acids is 1. The lowest BCUT2D eigenvalue weighted by atomic mass is 10.1. The molecule has 1 heterocycles. The summed E-state index contributed by atoms with van der Waals surface area (Å²) in [5.74, 6) is 0.272. The molecule has 0 aliphatic rings. The molecule has 1 amide bonds. The van der Waals surface area contributed by atoms with E-state index in [0.29, 0.717) is 17.0 Å². The molecule has 1 atom stereocenters. The molecule has 1 N–H and O–H groups in total. The number of aromatic nitrogens is 1. The van der Waals surface area contributed by atoms with Crippen molar-refractivity contribution in [3.63, 3.8) is 0 Å².